The van der Waals surface area contributed by atoms with Crippen molar-refractivity contribution in [2.24, 2.45) is 10.9 Å². The quantitative estimate of drug-likeness (QED) is 0.586. The molecule has 1 aliphatic carbocycles. The van der Waals surface area contributed by atoms with E-state index in [-0.39, 0.29) is 11.9 Å². The van der Waals surface area contributed by atoms with Crippen LogP contribution in [0.25, 0.3) is 0 Å². The van der Waals surface area contributed by atoms with Crippen LogP contribution in [0.1, 0.15) is 46.0 Å². The van der Waals surface area contributed by atoms with Crippen molar-refractivity contribution in [3.05, 3.63) is 22.9 Å². The third kappa shape index (κ3) is 2.55. The molecule has 1 amide bonds. The van der Waals surface area contributed by atoms with E-state index in [1.165, 1.54) is 0 Å². The summed E-state index contributed by atoms with van der Waals surface area (Å²) in [6, 6.07) is 0.175. The number of nitrogens with zero attached hydrogens (tertiary/aromatic N) is 4. The van der Waals surface area contributed by atoms with Crippen molar-refractivity contribution in [1.29, 1.82) is 5.26 Å². The van der Waals surface area contributed by atoms with E-state index in [4.69, 9.17) is 16.9 Å². The first-order valence-electron chi connectivity index (χ1n) is 8.27. The van der Waals surface area contributed by atoms with Crippen molar-refractivity contribution in [3.63, 3.8) is 0 Å². The summed E-state index contributed by atoms with van der Waals surface area (Å²) in [6.45, 7) is 3.98. The lowest BCUT2D eigenvalue weighted by Gasteiger charge is -2.28. The normalized spacial score (nSPS) is 32.0. The van der Waals surface area contributed by atoms with Crippen LogP contribution in [0.5, 0.6) is 0 Å². The summed E-state index contributed by atoms with van der Waals surface area (Å²) >= 11 is 6.20. The fourth-order valence-corrected chi connectivity index (χ4v) is 4.13. The molecular formula is C17H21ClN4O. The van der Waals surface area contributed by atoms with E-state index in [1.807, 2.05) is 32.2 Å². The first kappa shape index (κ1) is 16.1. The molecule has 2 heterocycles. The average Bonchev–Trinajstić information content (AvgIpc) is 3.21. The fourth-order valence-electron chi connectivity index (χ4n) is 4.02. The number of nitriles is 1. The third-order valence-electron chi connectivity index (χ3n) is 4.95. The molecule has 2 saturated heterocycles. The number of rotatable bonds is 4. The molecule has 3 fully saturated rings. The molecule has 3 rings (SSSR count). The summed E-state index contributed by atoms with van der Waals surface area (Å²) < 4.78 is 0. The number of carbonyl (C=O) groups is 1. The Bertz CT molecular complexity index is 645. The number of hydrogen-bond donors (Lipinski definition) is 0. The van der Waals surface area contributed by atoms with Crippen molar-refractivity contribution in [3.8, 4) is 6.19 Å². The third-order valence-corrected chi connectivity index (χ3v) is 5.33. The zero-order chi connectivity index (χ0) is 16.6. The van der Waals surface area contributed by atoms with Gasteiger partial charge in [-0.3, -0.25) is 4.79 Å². The standard InChI is InChI=1S/C17H21ClN4O/c1-3-5-13(9-12(18)4-2)22-16(23)15-11-6-7-14(8-11)21(15)17(22)20-10-19/h5,9,11,14-15H,3-4,6-8H2,1-2H3/b12-9+,13-5+,20-17?. The maximum Gasteiger partial charge on any atom is 0.256 e. The van der Waals surface area contributed by atoms with Crippen LogP contribution in [0.4, 0.5) is 0 Å². The maximum atomic E-state index is 13.0. The lowest BCUT2D eigenvalue weighted by atomic mass is 9.99. The number of allylic oxidation sites excluding steroid dienone is 3. The predicted molar refractivity (Wildman–Crippen MR) is 89.3 cm³/mol. The Kier molecular flexibility index (Phi) is 4.45. The maximum absolute atomic E-state index is 13.0. The van der Waals surface area contributed by atoms with Gasteiger partial charge in [-0.25, -0.2) is 4.90 Å². The van der Waals surface area contributed by atoms with Crippen LogP contribution < -0.4 is 0 Å². The number of aliphatic imine (C=N–C) groups is 1. The van der Waals surface area contributed by atoms with Crippen LogP contribution in [0, 0.1) is 17.4 Å². The molecule has 3 atom stereocenters. The molecule has 0 aromatic heterocycles. The van der Waals surface area contributed by atoms with E-state index in [2.05, 4.69) is 9.89 Å². The van der Waals surface area contributed by atoms with E-state index in [9.17, 15) is 4.79 Å². The Morgan fingerprint density at radius 1 is 1.48 bits per heavy atom. The van der Waals surface area contributed by atoms with Crippen molar-refractivity contribution in [1.82, 2.24) is 9.80 Å². The van der Waals surface area contributed by atoms with Crippen molar-refractivity contribution in [2.75, 3.05) is 0 Å². The number of carbonyl (C=O) groups excluding carboxylic acids is 1. The molecule has 0 aromatic carbocycles. The molecule has 0 N–H and O–H groups in total. The lowest BCUT2D eigenvalue weighted by Crippen LogP contribution is -2.41. The molecule has 1 saturated carbocycles. The minimum absolute atomic E-state index is 0.0303. The van der Waals surface area contributed by atoms with Gasteiger partial charge in [0, 0.05) is 16.8 Å². The van der Waals surface area contributed by atoms with Gasteiger partial charge in [0.1, 0.15) is 6.04 Å². The topological polar surface area (TPSA) is 59.7 Å². The molecule has 5 nitrogen and oxygen atoms in total. The number of hydrogen-bond acceptors (Lipinski definition) is 3. The molecule has 3 unspecified atom stereocenters. The molecule has 2 bridgehead atoms. The molecule has 23 heavy (non-hydrogen) atoms. The van der Waals surface area contributed by atoms with Gasteiger partial charge in [-0.05, 0) is 44.1 Å². The van der Waals surface area contributed by atoms with Crippen LogP contribution in [-0.2, 0) is 4.79 Å². The van der Waals surface area contributed by atoms with E-state index in [1.54, 1.807) is 4.90 Å². The fraction of sp³-hybridized carbons (Fsp3) is 0.588. The Morgan fingerprint density at radius 2 is 2.26 bits per heavy atom. The minimum Gasteiger partial charge on any atom is -0.326 e. The van der Waals surface area contributed by atoms with Crippen LogP contribution >= 0.6 is 11.6 Å². The van der Waals surface area contributed by atoms with Crippen LogP contribution in [0.3, 0.4) is 0 Å². The number of piperidine rings is 1. The highest BCUT2D eigenvalue weighted by molar-refractivity contribution is 6.29. The summed E-state index contributed by atoms with van der Waals surface area (Å²) in [5, 5.41) is 9.78. The van der Waals surface area contributed by atoms with Gasteiger partial charge in [0.15, 0.2) is 0 Å². The van der Waals surface area contributed by atoms with E-state index in [0.717, 1.165) is 31.4 Å². The smallest absolute Gasteiger partial charge is 0.256 e. The molecular weight excluding hydrogens is 312 g/mol. The van der Waals surface area contributed by atoms with Crippen LogP contribution in [0.15, 0.2) is 27.9 Å². The zero-order valence-electron chi connectivity index (χ0n) is 13.5. The first-order chi connectivity index (χ1) is 11.1. The largest absolute Gasteiger partial charge is 0.326 e. The average molecular weight is 333 g/mol. The monoisotopic (exact) mass is 332 g/mol. The second-order valence-electron chi connectivity index (χ2n) is 6.25. The van der Waals surface area contributed by atoms with Gasteiger partial charge >= 0.3 is 0 Å². The SMILES string of the molecule is CC/C=C(\C=C(\Cl)CC)N1C(=O)C2C3CCC(C3)N2C1=NC#N. The molecule has 0 radical (unpaired) electrons. The van der Waals surface area contributed by atoms with Gasteiger partial charge in [-0.15, -0.1) is 4.99 Å². The van der Waals surface area contributed by atoms with Crippen molar-refractivity contribution >= 4 is 23.5 Å². The van der Waals surface area contributed by atoms with Gasteiger partial charge in [0.25, 0.3) is 5.91 Å². The summed E-state index contributed by atoms with van der Waals surface area (Å²) in [5.74, 6) is 0.892. The summed E-state index contributed by atoms with van der Waals surface area (Å²) in [7, 11) is 0. The summed E-state index contributed by atoms with van der Waals surface area (Å²) in [4.78, 5) is 20.7. The lowest BCUT2D eigenvalue weighted by molar-refractivity contribution is -0.127. The van der Waals surface area contributed by atoms with Crippen LogP contribution in [0.2, 0.25) is 0 Å². The van der Waals surface area contributed by atoms with Gasteiger partial charge in [-0.2, -0.15) is 5.26 Å². The molecule has 0 aromatic rings. The molecule has 0 spiro atoms. The molecule has 122 valence electrons. The van der Waals surface area contributed by atoms with Gasteiger partial charge in [0.05, 0.1) is 0 Å². The highest BCUT2D eigenvalue weighted by Crippen LogP contribution is 2.47. The second kappa shape index (κ2) is 6.37. The van der Waals surface area contributed by atoms with Gasteiger partial charge in [-0.1, -0.05) is 31.5 Å². The predicted octanol–water partition coefficient (Wildman–Crippen LogP) is 3.35. The summed E-state index contributed by atoms with van der Waals surface area (Å²) in [5.41, 5.74) is 0.729. The highest BCUT2D eigenvalue weighted by Gasteiger charge is 2.58. The molecule has 3 aliphatic rings. The Morgan fingerprint density at radius 3 is 2.91 bits per heavy atom. The number of fused-ring (bicyclic) bond motifs is 5. The van der Waals surface area contributed by atoms with E-state index < -0.39 is 0 Å². The Balaban J connectivity index is 2.03. The van der Waals surface area contributed by atoms with Crippen molar-refractivity contribution in [2.45, 2.75) is 58.0 Å². The Hall–Kier alpha value is -1.80. The van der Waals surface area contributed by atoms with E-state index >= 15 is 0 Å². The second-order valence-corrected chi connectivity index (χ2v) is 6.73. The first-order valence-corrected chi connectivity index (χ1v) is 8.65. The molecule has 6 heteroatoms. The highest BCUT2D eigenvalue weighted by atomic mass is 35.5. The Labute approximate surface area is 141 Å². The summed E-state index contributed by atoms with van der Waals surface area (Å²) in [6.07, 6.45) is 10.3. The van der Waals surface area contributed by atoms with E-state index in [0.29, 0.717) is 29.4 Å². The zero-order valence-corrected chi connectivity index (χ0v) is 14.3. The number of halogens is 1. The number of guanidine groups is 1. The molecule has 2 aliphatic heterocycles. The number of amides is 1. The van der Waals surface area contributed by atoms with Crippen molar-refractivity contribution < 1.29 is 4.79 Å². The van der Waals surface area contributed by atoms with Crippen LogP contribution in [-0.4, -0.2) is 33.8 Å². The minimum atomic E-state index is -0.157. The van der Waals surface area contributed by atoms with Gasteiger partial charge in [0.2, 0.25) is 12.2 Å². The van der Waals surface area contributed by atoms with Gasteiger partial charge < -0.3 is 4.90 Å².